The lowest BCUT2D eigenvalue weighted by Crippen LogP contribution is -2.16. The third-order valence-electron chi connectivity index (χ3n) is 1.66. The van der Waals surface area contributed by atoms with E-state index in [0.717, 1.165) is 0 Å². The van der Waals surface area contributed by atoms with Gasteiger partial charge in [-0.05, 0) is 13.8 Å². The fourth-order valence-corrected chi connectivity index (χ4v) is 1.83. The first-order valence-electron chi connectivity index (χ1n) is 4.62. The van der Waals surface area contributed by atoms with Crippen molar-refractivity contribution in [2.24, 2.45) is 0 Å². The molecule has 15 heavy (non-hydrogen) atoms. The molecular formula is C8H13N3O3S. The van der Waals surface area contributed by atoms with Crippen LogP contribution in [0.15, 0.2) is 9.95 Å². The summed E-state index contributed by atoms with van der Waals surface area (Å²) in [4.78, 5) is 22.2. The Morgan fingerprint density at radius 3 is 2.93 bits per heavy atom. The molecule has 1 aromatic rings. The normalized spacial score (nSPS) is 10.3. The smallest absolute Gasteiger partial charge is 0.343 e. The van der Waals surface area contributed by atoms with E-state index >= 15 is 0 Å². The largest absolute Gasteiger partial charge is 0.465 e. The predicted octanol–water partition coefficient (Wildman–Crippen LogP) is 0.246. The zero-order valence-corrected chi connectivity index (χ0v) is 9.47. The molecule has 6 nitrogen and oxygen atoms in total. The topological polar surface area (TPSA) is 77.0 Å². The van der Waals surface area contributed by atoms with Gasteiger partial charge >= 0.3 is 11.7 Å². The van der Waals surface area contributed by atoms with Gasteiger partial charge in [-0.2, -0.15) is 0 Å². The van der Waals surface area contributed by atoms with Gasteiger partial charge in [0.15, 0.2) is 5.16 Å². The summed E-state index contributed by atoms with van der Waals surface area (Å²) in [5.41, 5.74) is -0.260. The quantitative estimate of drug-likeness (QED) is 0.580. The van der Waals surface area contributed by atoms with Crippen LogP contribution >= 0.6 is 11.8 Å². The second kappa shape index (κ2) is 5.59. The highest BCUT2D eigenvalue weighted by Gasteiger charge is 2.10. The number of nitrogens with one attached hydrogen (secondary N) is 1. The van der Waals surface area contributed by atoms with Crippen molar-refractivity contribution in [3.05, 3.63) is 10.5 Å². The van der Waals surface area contributed by atoms with Crippen molar-refractivity contribution in [1.29, 1.82) is 0 Å². The lowest BCUT2D eigenvalue weighted by atomic mass is 10.7. The number of hydrogen-bond donors (Lipinski definition) is 1. The van der Waals surface area contributed by atoms with Crippen LogP contribution in [-0.2, 0) is 16.1 Å². The van der Waals surface area contributed by atoms with E-state index in [9.17, 15) is 9.59 Å². The second-order valence-corrected chi connectivity index (χ2v) is 3.59. The molecule has 0 aliphatic carbocycles. The Kier molecular flexibility index (Phi) is 4.41. The summed E-state index contributed by atoms with van der Waals surface area (Å²) >= 11 is 1.19. The van der Waals surface area contributed by atoms with Crippen LogP contribution in [0, 0.1) is 0 Å². The van der Waals surface area contributed by atoms with E-state index in [4.69, 9.17) is 4.74 Å². The van der Waals surface area contributed by atoms with Crippen molar-refractivity contribution in [3.63, 3.8) is 0 Å². The van der Waals surface area contributed by atoms with E-state index in [1.807, 2.05) is 6.92 Å². The van der Waals surface area contributed by atoms with Crippen molar-refractivity contribution in [1.82, 2.24) is 14.8 Å². The Labute approximate surface area is 91.0 Å². The van der Waals surface area contributed by atoms with Crippen molar-refractivity contribution >= 4 is 17.7 Å². The van der Waals surface area contributed by atoms with Crippen LogP contribution in [0.25, 0.3) is 0 Å². The summed E-state index contributed by atoms with van der Waals surface area (Å²) < 4.78 is 6.22. The summed E-state index contributed by atoms with van der Waals surface area (Å²) in [5.74, 6) is -0.140. The number of thioether (sulfide) groups is 1. The summed E-state index contributed by atoms with van der Waals surface area (Å²) in [5, 5.41) is 6.64. The molecule has 1 rings (SSSR count). The lowest BCUT2D eigenvalue weighted by molar-refractivity contribution is -0.139. The molecule has 0 aliphatic rings. The van der Waals surface area contributed by atoms with Gasteiger partial charge in [-0.3, -0.25) is 9.36 Å². The third-order valence-corrected chi connectivity index (χ3v) is 2.61. The number of H-pyrrole nitrogens is 1. The minimum Gasteiger partial charge on any atom is -0.465 e. The number of ether oxygens (including phenoxy) is 1. The van der Waals surface area contributed by atoms with E-state index in [2.05, 4.69) is 10.2 Å². The number of carbonyl (C=O) groups is 1. The van der Waals surface area contributed by atoms with E-state index in [-0.39, 0.29) is 17.4 Å². The highest BCUT2D eigenvalue weighted by atomic mass is 32.2. The van der Waals surface area contributed by atoms with Crippen LogP contribution in [0.5, 0.6) is 0 Å². The van der Waals surface area contributed by atoms with Gasteiger partial charge in [0.2, 0.25) is 0 Å². The first-order chi connectivity index (χ1) is 7.19. The molecule has 0 unspecified atom stereocenters. The van der Waals surface area contributed by atoms with E-state index in [1.54, 1.807) is 6.92 Å². The standard InChI is InChI=1S/C8H13N3O3S/c1-3-11-7(13)9-10-8(11)15-5-6(12)14-4-2/h3-5H2,1-2H3,(H,9,13). The average Bonchev–Trinajstić information content (AvgIpc) is 2.56. The maximum Gasteiger partial charge on any atom is 0.343 e. The summed E-state index contributed by atoms with van der Waals surface area (Å²) in [6.45, 7) is 4.48. The van der Waals surface area contributed by atoms with E-state index in [0.29, 0.717) is 18.3 Å². The summed E-state index contributed by atoms with van der Waals surface area (Å²) in [6, 6.07) is 0. The monoisotopic (exact) mass is 231 g/mol. The molecule has 0 fully saturated rings. The zero-order valence-electron chi connectivity index (χ0n) is 8.65. The highest BCUT2D eigenvalue weighted by molar-refractivity contribution is 7.99. The minimum absolute atomic E-state index is 0.165. The van der Waals surface area contributed by atoms with Crippen LogP contribution in [-0.4, -0.2) is 33.1 Å². The molecule has 0 spiro atoms. The van der Waals surface area contributed by atoms with Crippen LogP contribution < -0.4 is 5.69 Å². The summed E-state index contributed by atoms with van der Waals surface area (Å²) in [7, 11) is 0. The molecule has 0 saturated heterocycles. The number of aromatic nitrogens is 3. The van der Waals surface area contributed by atoms with Crippen molar-refractivity contribution in [2.45, 2.75) is 25.5 Å². The van der Waals surface area contributed by atoms with E-state index < -0.39 is 0 Å². The Morgan fingerprint density at radius 1 is 1.60 bits per heavy atom. The Morgan fingerprint density at radius 2 is 2.33 bits per heavy atom. The molecule has 0 radical (unpaired) electrons. The van der Waals surface area contributed by atoms with Gasteiger partial charge < -0.3 is 4.74 Å². The highest BCUT2D eigenvalue weighted by Crippen LogP contribution is 2.12. The summed E-state index contributed by atoms with van der Waals surface area (Å²) in [6.07, 6.45) is 0. The molecule has 0 aromatic carbocycles. The molecule has 1 aromatic heterocycles. The maximum atomic E-state index is 11.2. The molecule has 0 bridgehead atoms. The number of rotatable bonds is 5. The van der Waals surface area contributed by atoms with Crippen molar-refractivity contribution in [3.8, 4) is 0 Å². The zero-order chi connectivity index (χ0) is 11.3. The van der Waals surface area contributed by atoms with Gasteiger partial charge in [0.25, 0.3) is 0 Å². The Hall–Kier alpha value is -1.24. The van der Waals surface area contributed by atoms with E-state index in [1.165, 1.54) is 16.3 Å². The Bertz CT molecular complexity index is 385. The molecule has 1 N–H and O–H groups in total. The number of hydrogen-bond acceptors (Lipinski definition) is 5. The first kappa shape index (κ1) is 11.8. The van der Waals surface area contributed by atoms with Gasteiger partial charge in [0.05, 0.1) is 12.4 Å². The number of aromatic amines is 1. The molecule has 0 saturated carbocycles. The van der Waals surface area contributed by atoms with Crippen molar-refractivity contribution < 1.29 is 9.53 Å². The number of carbonyl (C=O) groups excluding carboxylic acids is 1. The van der Waals surface area contributed by atoms with Gasteiger partial charge in [-0.1, -0.05) is 11.8 Å². The molecule has 0 atom stereocenters. The van der Waals surface area contributed by atoms with Crippen LogP contribution in [0.4, 0.5) is 0 Å². The first-order valence-corrected chi connectivity index (χ1v) is 5.61. The average molecular weight is 231 g/mol. The molecule has 0 amide bonds. The van der Waals surface area contributed by atoms with Crippen molar-refractivity contribution in [2.75, 3.05) is 12.4 Å². The molecular weight excluding hydrogens is 218 g/mol. The van der Waals surface area contributed by atoms with Gasteiger partial charge in [0.1, 0.15) is 0 Å². The third kappa shape index (κ3) is 3.12. The van der Waals surface area contributed by atoms with Crippen LogP contribution in [0.3, 0.4) is 0 Å². The maximum absolute atomic E-state index is 11.2. The number of esters is 1. The fourth-order valence-electron chi connectivity index (χ4n) is 1.02. The van der Waals surface area contributed by atoms with Gasteiger partial charge in [0, 0.05) is 6.54 Å². The molecule has 1 heterocycles. The molecule has 0 aliphatic heterocycles. The Balaban J connectivity index is 2.57. The van der Waals surface area contributed by atoms with Crippen LogP contribution in [0.1, 0.15) is 13.8 Å². The molecule has 7 heteroatoms. The SMILES string of the molecule is CCOC(=O)CSc1n[nH]c(=O)n1CC. The predicted molar refractivity (Wildman–Crippen MR) is 55.9 cm³/mol. The van der Waals surface area contributed by atoms with Gasteiger partial charge in [-0.25, -0.2) is 9.89 Å². The second-order valence-electron chi connectivity index (χ2n) is 2.65. The number of nitrogens with zero attached hydrogens (tertiary/aromatic N) is 2. The van der Waals surface area contributed by atoms with Crippen LogP contribution in [0.2, 0.25) is 0 Å². The molecule has 84 valence electrons. The minimum atomic E-state index is -0.305. The lowest BCUT2D eigenvalue weighted by Gasteiger charge is -2.01. The fraction of sp³-hybridized carbons (Fsp3) is 0.625. The van der Waals surface area contributed by atoms with Gasteiger partial charge in [-0.15, -0.1) is 5.10 Å².